The van der Waals surface area contributed by atoms with Crippen LogP contribution in [0.1, 0.15) is 6.92 Å². The van der Waals surface area contributed by atoms with Gasteiger partial charge >= 0.3 is 0 Å². The van der Waals surface area contributed by atoms with Gasteiger partial charge in [-0.25, -0.2) is 9.97 Å². The van der Waals surface area contributed by atoms with E-state index in [0.29, 0.717) is 31.9 Å². The third-order valence-corrected chi connectivity index (χ3v) is 5.36. The lowest BCUT2D eigenvalue weighted by Crippen LogP contribution is -2.52. The molecule has 0 saturated carbocycles. The predicted molar refractivity (Wildman–Crippen MR) is 119 cm³/mol. The van der Waals surface area contributed by atoms with Crippen molar-refractivity contribution < 1.29 is 14.3 Å². The Morgan fingerprint density at radius 3 is 2.32 bits per heavy atom. The van der Waals surface area contributed by atoms with Crippen molar-refractivity contribution >= 4 is 11.7 Å². The van der Waals surface area contributed by atoms with Gasteiger partial charge in [-0.1, -0.05) is 18.2 Å². The quantitative estimate of drug-likeness (QED) is 0.612. The Kier molecular flexibility index (Phi) is 6.31. The smallest absolute Gasteiger partial charge is 0.263 e. The van der Waals surface area contributed by atoms with Gasteiger partial charge in [0.25, 0.3) is 5.91 Å². The van der Waals surface area contributed by atoms with E-state index in [1.165, 1.54) is 0 Å². The molecule has 1 saturated heterocycles. The first-order valence-electron chi connectivity index (χ1n) is 10.4. The van der Waals surface area contributed by atoms with Crippen LogP contribution in [0.2, 0.25) is 0 Å². The molecule has 2 heterocycles. The maximum atomic E-state index is 12.8. The Balaban J connectivity index is 1.36. The average Bonchev–Trinajstić information content (AvgIpc) is 2.84. The Labute approximate surface area is 182 Å². The van der Waals surface area contributed by atoms with E-state index in [9.17, 15) is 4.79 Å². The molecule has 7 heteroatoms. The monoisotopic (exact) mass is 418 g/mol. The Morgan fingerprint density at radius 1 is 0.935 bits per heavy atom. The Hall–Kier alpha value is -3.61. The zero-order valence-electron chi connectivity index (χ0n) is 17.8. The lowest BCUT2D eigenvalue weighted by Gasteiger charge is -2.36. The molecule has 3 aromatic rings. The minimum absolute atomic E-state index is 0.00473. The third kappa shape index (κ3) is 4.94. The molecule has 7 nitrogen and oxygen atoms in total. The minimum atomic E-state index is -0.519. The van der Waals surface area contributed by atoms with Crippen molar-refractivity contribution in [1.82, 2.24) is 14.9 Å². The van der Waals surface area contributed by atoms with Gasteiger partial charge in [0.15, 0.2) is 6.10 Å². The summed E-state index contributed by atoms with van der Waals surface area (Å²) in [4.78, 5) is 25.7. The summed E-state index contributed by atoms with van der Waals surface area (Å²) in [5.74, 6) is 2.38. The fourth-order valence-electron chi connectivity index (χ4n) is 3.61. The highest BCUT2D eigenvalue weighted by atomic mass is 16.5. The van der Waals surface area contributed by atoms with Gasteiger partial charge < -0.3 is 19.3 Å². The van der Waals surface area contributed by atoms with Crippen LogP contribution in [0.3, 0.4) is 0 Å². The normalized spacial score (nSPS) is 14.8. The van der Waals surface area contributed by atoms with Crippen molar-refractivity contribution in [3.8, 4) is 22.8 Å². The van der Waals surface area contributed by atoms with Crippen LogP contribution in [0.4, 0.5) is 5.82 Å². The van der Waals surface area contributed by atoms with Gasteiger partial charge in [-0.05, 0) is 43.3 Å². The van der Waals surface area contributed by atoms with Crippen molar-refractivity contribution in [2.24, 2.45) is 0 Å². The van der Waals surface area contributed by atoms with E-state index in [-0.39, 0.29) is 5.91 Å². The highest BCUT2D eigenvalue weighted by Crippen LogP contribution is 2.24. The van der Waals surface area contributed by atoms with Gasteiger partial charge in [0.05, 0.1) is 12.8 Å². The number of aromatic nitrogens is 2. The van der Waals surface area contributed by atoms with Crippen LogP contribution < -0.4 is 14.4 Å². The number of carbonyl (C=O) groups excluding carboxylic acids is 1. The number of nitrogens with zero attached hydrogens (tertiary/aromatic N) is 4. The summed E-state index contributed by atoms with van der Waals surface area (Å²) >= 11 is 0. The number of methoxy groups -OCH3 is 1. The average molecular weight is 418 g/mol. The summed E-state index contributed by atoms with van der Waals surface area (Å²) in [6.45, 7) is 4.48. The van der Waals surface area contributed by atoms with E-state index in [4.69, 9.17) is 9.47 Å². The van der Waals surface area contributed by atoms with Gasteiger partial charge in [-0.2, -0.15) is 0 Å². The number of piperazine rings is 1. The number of rotatable bonds is 6. The number of hydrogen-bond donors (Lipinski definition) is 0. The molecule has 0 bridgehead atoms. The highest BCUT2D eigenvalue weighted by molar-refractivity contribution is 5.81. The number of ether oxygens (including phenoxy) is 2. The van der Waals surface area contributed by atoms with Gasteiger partial charge in [0.2, 0.25) is 0 Å². The molecule has 1 unspecified atom stereocenters. The summed E-state index contributed by atoms with van der Waals surface area (Å²) in [6, 6.07) is 19.2. The largest absolute Gasteiger partial charge is 0.497 e. The molecule has 160 valence electrons. The zero-order chi connectivity index (χ0) is 21.6. The van der Waals surface area contributed by atoms with Crippen molar-refractivity contribution in [3.63, 3.8) is 0 Å². The van der Waals surface area contributed by atoms with Crippen LogP contribution in [-0.2, 0) is 4.79 Å². The molecule has 4 rings (SSSR count). The molecule has 1 aliphatic rings. The predicted octanol–water partition coefficient (Wildman–Crippen LogP) is 3.27. The fraction of sp³-hybridized carbons (Fsp3) is 0.292. The van der Waals surface area contributed by atoms with E-state index < -0.39 is 6.10 Å². The highest BCUT2D eigenvalue weighted by Gasteiger charge is 2.26. The first-order chi connectivity index (χ1) is 15.1. The van der Waals surface area contributed by atoms with Crippen LogP contribution in [0.15, 0.2) is 67.0 Å². The van der Waals surface area contributed by atoms with Crippen molar-refractivity contribution in [2.75, 3.05) is 38.2 Å². The zero-order valence-corrected chi connectivity index (χ0v) is 17.8. The SMILES string of the molecule is COc1ccc(-c2cc(N3CCN(C(=O)C(C)Oc4ccccc4)CC3)ncn2)cc1. The molecule has 31 heavy (non-hydrogen) atoms. The molecule has 0 radical (unpaired) electrons. The topological polar surface area (TPSA) is 67.8 Å². The standard InChI is InChI=1S/C24H26N4O3/c1-18(31-21-6-4-3-5-7-21)24(29)28-14-12-27(13-15-28)23-16-22(25-17-26-23)19-8-10-20(30-2)11-9-19/h3-11,16-18H,12-15H2,1-2H3. The summed E-state index contributed by atoms with van der Waals surface area (Å²) in [7, 11) is 1.65. The van der Waals surface area contributed by atoms with Crippen LogP contribution in [0, 0.1) is 0 Å². The molecular weight excluding hydrogens is 392 g/mol. The van der Waals surface area contributed by atoms with Crippen LogP contribution in [0.25, 0.3) is 11.3 Å². The summed E-state index contributed by atoms with van der Waals surface area (Å²) < 4.78 is 11.0. The molecule has 0 spiro atoms. The van der Waals surface area contributed by atoms with E-state index >= 15 is 0 Å². The molecule has 1 fully saturated rings. The number of amides is 1. The second-order valence-corrected chi connectivity index (χ2v) is 7.38. The summed E-state index contributed by atoms with van der Waals surface area (Å²) in [6.07, 6.45) is 1.07. The van der Waals surface area contributed by atoms with Gasteiger partial charge in [-0.3, -0.25) is 4.79 Å². The number of benzene rings is 2. The molecule has 1 amide bonds. The Bertz CT molecular complexity index is 1000. The van der Waals surface area contributed by atoms with E-state index in [0.717, 1.165) is 22.8 Å². The van der Waals surface area contributed by atoms with Crippen molar-refractivity contribution in [1.29, 1.82) is 0 Å². The summed E-state index contributed by atoms with van der Waals surface area (Å²) in [5, 5.41) is 0. The summed E-state index contributed by atoms with van der Waals surface area (Å²) in [5.41, 5.74) is 1.86. The van der Waals surface area contributed by atoms with E-state index in [1.807, 2.05) is 65.6 Å². The van der Waals surface area contributed by atoms with Crippen molar-refractivity contribution in [2.45, 2.75) is 13.0 Å². The lowest BCUT2D eigenvalue weighted by atomic mass is 10.1. The molecular formula is C24H26N4O3. The lowest BCUT2D eigenvalue weighted by molar-refractivity contribution is -0.138. The number of carbonyl (C=O) groups is 1. The molecule has 2 aromatic carbocycles. The number of anilines is 1. The molecule has 1 aliphatic heterocycles. The van der Waals surface area contributed by atoms with Crippen LogP contribution >= 0.6 is 0 Å². The van der Waals surface area contributed by atoms with Gasteiger partial charge in [0.1, 0.15) is 23.6 Å². The molecule has 1 atom stereocenters. The van der Waals surface area contributed by atoms with E-state index in [1.54, 1.807) is 20.4 Å². The Morgan fingerprint density at radius 2 is 1.65 bits per heavy atom. The third-order valence-electron chi connectivity index (χ3n) is 5.36. The second-order valence-electron chi connectivity index (χ2n) is 7.38. The molecule has 0 aliphatic carbocycles. The maximum absolute atomic E-state index is 12.8. The second kappa shape index (κ2) is 9.47. The first kappa shape index (κ1) is 20.7. The van der Waals surface area contributed by atoms with Crippen LogP contribution in [-0.4, -0.2) is 60.2 Å². The first-order valence-corrected chi connectivity index (χ1v) is 10.4. The fourth-order valence-corrected chi connectivity index (χ4v) is 3.61. The van der Waals surface area contributed by atoms with Crippen LogP contribution in [0.5, 0.6) is 11.5 Å². The van der Waals surface area contributed by atoms with Gasteiger partial charge in [0, 0.05) is 37.8 Å². The number of hydrogen-bond acceptors (Lipinski definition) is 6. The molecule has 1 aromatic heterocycles. The van der Waals surface area contributed by atoms with Gasteiger partial charge in [-0.15, -0.1) is 0 Å². The van der Waals surface area contributed by atoms with Crippen molar-refractivity contribution in [3.05, 3.63) is 67.0 Å². The van der Waals surface area contributed by atoms with E-state index in [2.05, 4.69) is 14.9 Å². The molecule has 0 N–H and O–H groups in total. The number of para-hydroxylation sites is 1. The minimum Gasteiger partial charge on any atom is -0.497 e. The maximum Gasteiger partial charge on any atom is 0.263 e.